The molecule has 1 heterocycles. The molecule has 3 heteroatoms. The van der Waals surface area contributed by atoms with E-state index in [-0.39, 0.29) is 0 Å². The quantitative estimate of drug-likeness (QED) is 0.856. The third-order valence-corrected chi connectivity index (χ3v) is 3.83. The van der Waals surface area contributed by atoms with Gasteiger partial charge >= 0.3 is 0 Å². The third kappa shape index (κ3) is 4.30. The zero-order chi connectivity index (χ0) is 13.7. The zero-order valence-electron chi connectivity index (χ0n) is 12.0. The highest BCUT2D eigenvalue weighted by molar-refractivity contribution is 5.23. The molecule has 1 fully saturated rings. The molecule has 1 saturated heterocycles. The summed E-state index contributed by atoms with van der Waals surface area (Å²) in [6.07, 6.45) is 2.26. The Morgan fingerprint density at radius 3 is 2.68 bits per heavy atom. The number of benzene rings is 1. The van der Waals surface area contributed by atoms with Crippen molar-refractivity contribution in [1.29, 1.82) is 0 Å². The van der Waals surface area contributed by atoms with Crippen LogP contribution in [0.15, 0.2) is 24.3 Å². The first kappa shape index (κ1) is 14.5. The Labute approximate surface area is 116 Å². The molecular formula is C16H25NO2. The van der Waals surface area contributed by atoms with Crippen LogP contribution in [0.1, 0.15) is 37.0 Å². The second kappa shape index (κ2) is 7.04. The normalized spacial score (nSPS) is 20.9. The summed E-state index contributed by atoms with van der Waals surface area (Å²) in [5.41, 5.74) is 2.22. The summed E-state index contributed by atoms with van der Waals surface area (Å²) in [6.45, 7) is 7.65. The molecular weight excluding hydrogens is 238 g/mol. The first-order valence-corrected chi connectivity index (χ1v) is 7.27. The van der Waals surface area contributed by atoms with Gasteiger partial charge < -0.3 is 9.84 Å². The van der Waals surface area contributed by atoms with E-state index in [1.54, 1.807) is 0 Å². The highest BCUT2D eigenvalue weighted by Crippen LogP contribution is 2.18. The molecule has 1 aliphatic heterocycles. The van der Waals surface area contributed by atoms with Gasteiger partial charge in [-0.15, -0.1) is 0 Å². The smallest absolute Gasteiger partial charge is 0.0916 e. The van der Waals surface area contributed by atoms with Gasteiger partial charge in [0.1, 0.15) is 0 Å². The van der Waals surface area contributed by atoms with Crippen LogP contribution in [0.5, 0.6) is 0 Å². The van der Waals surface area contributed by atoms with Crippen molar-refractivity contribution in [3.63, 3.8) is 0 Å². The van der Waals surface area contributed by atoms with Gasteiger partial charge in [0.05, 0.1) is 12.2 Å². The van der Waals surface area contributed by atoms with Crippen LogP contribution in [0.3, 0.4) is 0 Å². The Morgan fingerprint density at radius 2 is 2.11 bits per heavy atom. The van der Waals surface area contributed by atoms with Crippen molar-refractivity contribution in [1.82, 2.24) is 4.90 Å². The minimum absolute atomic E-state index is 0.352. The molecule has 1 aliphatic rings. The molecule has 106 valence electrons. The molecule has 2 unspecified atom stereocenters. The molecule has 1 aromatic carbocycles. The zero-order valence-corrected chi connectivity index (χ0v) is 12.0. The topological polar surface area (TPSA) is 32.7 Å². The lowest BCUT2D eigenvalue weighted by atomic mass is 10.1. The van der Waals surface area contributed by atoms with Crippen LogP contribution in [-0.2, 0) is 4.74 Å². The first-order chi connectivity index (χ1) is 9.19. The van der Waals surface area contributed by atoms with Gasteiger partial charge in [-0.1, -0.05) is 36.8 Å². The monoisotopic (exact) mass is 263 g/mol. The molecule has 0 aromatic heterocycles. The lowest BCUT2D eigenvalue weighted by molar-refractivity contribution is 0.0516. The van der Waals surface area contributed by atoms with Crippen LogP contribution in [0.2, 0.25) is 0 Å². The highest BCUT2D eigenvalue weighted by atomic mass is 16.5. The van der Waals surface area contributed by atoms with Crippen molar-refractivity contribution in [3.8, 4) is 0 Å². The maximum Gasteiger partial charge on any atom is 0.0916 e. The maximum atomic E-state index is 10.3. The van der Waals surface area contributed by atoms with E-state index in [2.05, 4.69) is 30.9 Å². The summed E-state index contributed by atoms with van der Waals surface area (Å²) in [6, 6.07) is 8.13. The van der Waals surface area contributed by atoms with Gasteiger partial charge in [0.15, 0.2) is 0 Å². The average Bonchev–Trinajstić information content (AvgIpc) is 2.91. The van der Waals surface area contributed by atoms with Gasteiger partial charge in [0, 0.05) is 19.7 Å². The Bertz CT molecular complexity index is 371. The third-order valence-electron chi connectivity index (χ3n) is 3.83. The average molecular weight is 263 g/mol. The van der Waals surface area contributed by atoms with E-state index in [1.165, 1.54) is 12.0 Å². The number of ether oxygens (including phenoxy) is 1. The van der Waals surface area contributed by atoms with E-state index in [0.29, 0.717) is 12.6 Å². The van der Waals surface area contributed by atoms with Crippen LogP contribution in [0, 0.1) is 6.92 Å². The van der Waals surface area contributed by atoms with Crippen molar-refractivity contribution in [2.75, 3.05) is 26.2 Å². The van der Waals surface area contributed by atoms with Gasteiger partial charge in [0.25, 0.3) is 0 Å². The lowest BCUT2D eigenvalue weighted by Gasteiger charge is -2.26. The van der Waals surface area contributed by atoms with E-state index < -0.39 is 6.10 Å². The summed E-state index contributed by atoms with van der Waals surface area (Å²) < 4.78 is 5.66. The molecule has 0 bridgehead atoms. The van der Waals surface area contributed by atoms with Crippen molar-refractivity contribution < 1.29 is 9.84 Å². The number of hydrogen-bond donors (Lipinski definition) is 1. The minimum Gasteiger partial charge on any atom is -0.387 e. The van der Waals surface area contributed by atoms with Crippen LogP contribution in [-0.4, -0.2) is 42.4 Å². The number of aliphatic hydroxyl groups is 1. The Hall–Kier alpha value is -0.900. The van der Waals surface area contributed by atoms with Gasteiger partial charge in [-0.2, -0.15) is 0 Å². The summed E-state index contributed by atoms with van der Waals surface area (Å²) >= 11 is 0. The second-order valence-electron chi connectivity index (χ2n) is 5.41. The highest BCUT2D eigenvalue weighted by Gasteiger charge is 2.20. The van der Waals surface area contributed by atoms with E-state index in [0.717, 1.165) is 31.7 Å². The molecule has 0 radical (unpaired) electrons. The lowest BCUT2D eigenvalue weighted by Crippen LogP contribution is -2.35. The van der Waals surface area contributed by atoms with E-state index in [9.17, 15) is 5.11 Å². The van der Waals surface area contributed by atoms with E-state index in [4.69, 9.17) is 4.74 Å². The van der Waals surface area contributed by atoms with Gasteiger partial charge in [0.2, 0.25) is 0 Å². The number of aliphatic hydroxyl groups excluding tert-OH is 1. The van der Waals surface area contributed by atoms with Crippen molar-refractivity contribution >= 4 is 0 Å². The molecule has 0 spiro atoms. The number of likely N-dealkylation sites (N-methyl/N-ethyl adjacent to an activating group) is 1. The van der Waals surface area contributed by atoms with Crippen molar-refractivity contribution in [2.45, 2.75) is 38.9 Å². The van der Waals surface area contributed by atoms with E-state index in [1.807, 2.05) is 12.1 Å². The molecule has 2 atom stereocenters. The van der Waals surface area contributed by atoms with Gasteiger partial charge in [-0.05, 0) is 31.9 Å². The molecule has 0 saturated carbocycles. The summed E-state index contributed by atoms with van der Waals surface area (Å²) in [7, 11) is 0. The van der Waals surface area contributed by atoms with Crippen LogP contribution < -0.4 is 0 Å². The van der Waals surface area contributed by atoms with Gasteiger partial charge in [-0.25, -0.2) is 0 Å². The number of nitrogens with zero attached hydrogens (tertiary/aromatic N) is 1. The molecule has 1 aromatic rings. The maximum absolute atomic E-state index is 10.3. The largest absolute Gasteiger partial charge is 0.387 e. The predicted octanol–water partition coefficient (Wildman–Crippen LogP) is 2.53. The summed E-state index contributed by atoms with van der Waals surface area (Å²) in [5.74, 6) is 0. The van der Waals surface area contributed by atoms with Crippen molar-refractivity contribution in [3.05, 3.63) is 35.4 Å². The first-order valence-electron chi connectivity index (χ1n) is 7.27. The fourth-order valence-corrected chi connectivity index (χ4v) is 2.55. The summed E-state index contributed by atoms with van der Waals surface area (Å²) in [4.78, 5) is 2.28. The number of rotatable bonds is 6. The van der Waals surface area contributed by atoms with Gasteiger partial charge in [-0.3, -0.25) is 4.90 Å². The predicted molar refractivity (Wildman–Crippen MR) is 77.2 cm³/mol. The number of aryl methyl sites for hydroxylation is 1. The molecule has 0 amide bonds. The molecule has 2 rings (SSSR count). The molecule has 1 N–H and O–H groups in total. The van der Waals surface area contributed by atoms with Crippen LogP contribution in [0.4, 0.5) is 0 Å². The SMILES string of the molecule is CCN(CC1CCCO1)CC(O)c1ccc(C)cc1. The van der Waals surface area contributed by atoms with Crippen LogP contribution in [0.25, 0.3) is 0 Å². The minimum atomic E-state index is -0.415. The standard InChI is InChI=1S/C16H25NO2/c1-3-17(11-15-5-4-10-19-15)12-16(18)14-8-6-13(2)7-9-14/h6-9,15-16,18H,3-5,10-12H2,1-2H3. The van der Waals surface area contributed by atoms with Crippen molar-refractivity contribution in [2.24, 2.45) is 0 Å². The molecule has 0 aliphatic carbocycles. The Balaban J connectivity index is 1.87. The summed E-state index contributed by atoms with van der Waals surface area (Å²) in [5, 5.41) is 10.3. The fraction of sp³-hybridized carbons (Fsp3) is 0.625. The molecule has 19 heavy (non-hydrogen) atoms. The second-order valence-corrected chi connectivity index (χ2v) is 5.41. The van der Waals surface area contributed by atoms with E-state index >= 15 is 0 Å². The Kier molecular flexibility index (Phi) is 5.37. The fourth-order valence-electron chi connectivity index (χ4n) is 2.55. The Morgan fingerprint density at radius 1 is 1.37 bits per heavy atom. The van der Waals surface area contributed by atoms with Crippen LogP contribution >= 0.6 is 0 Å². The molecule has 3 nitrogen and oxygen atoms in total. The number of hydrogen-bond acceptors (Lipinski definition) is 3.